The highest BCUT2D eigenvalue weighted by Crippen LogP contribution is 2.29. The minimum atomic E-state index is -3.67. The minimum absolute atomic E-state index is 0.0119. The van der Waals surface area contributed by atoms with Crippen LogP contribution in [0.4, 0.5) is 0 Å². The molecule has 1 aromatic carbocycles. The standard InChI is InChI=1S/C19H24N2O3S/c1-13(2)19(22)21-12-18(16-6-5-9-20-11-16)25(23,24)17-8-7-14(3)15(4)10-17/h5-11,13,18H,12H2,1-4H3,(H,21,22)/t18-/m1/s1. The first-order valence-corrected chi connectivity index (χ1v) is 9.77. The van der Waals surface area contributed by atoms with Gasteiger partial charge in [-0.3, -0.25) is 9.78 Å². The molecule has 6 heteroatoms. The SMILES string of the molecule is Cc1ccc(S(=O)(=O)[C@H](CNC(=O)C(C)C)c2cccnc2)cc1C. The zero-order valence-corrected chi connectivity index (χ0v) is 15.8. The molecule has 1 atom stereocenters. The number of hydrogen-bond donors (Lipinski definition) is 1. The summed E-state index contributed by atoms with van der Waals surface area (Å²) in [4.78, 5) is 16.2. The molecule has 5 nitrogen and oxygen atoms in total. The Balaban J connectivity index is 2.42. The lowest BCUT2D eigenvalue weighted by Crippen LogP contribution is -2.34. The molecule has 134 valence electrons. The van der Waals surface area contributed by atoms with E-state index in [1.165, 1.54) is 6.20 Å². The lowest BCUT2D eigenvalue weighted by atomic mass is 10.1. The van der Waals surface area contributed by atoms with E-state index in [-0.39, 0.29) is 23.3 Å². The van der Waals surface area contributed by atoms with Gasteiger partial charge in [0.25, 0.3) is 0 Å². The van der Waals surface area contributed by atoms with Crippen LogP contribution < -0.4 is 5.32 Å². The van der Waals surface area contributed by atoms with Crippen molar-refractivity contribution in [2.75, 3.05) is 6.54 Å². The molecule has 0 aliphatic carbocycles. The van der Waals surface area contributed by atoms with Crippen LogP contribution in [0.5, 0.6) is 0 Å². The maximum atomic E-state index is 13.2. The van der Waals surface area contributed by atoms with Crippen LogP contribution in [0.25, 0.3) is 0 Å². The van der Waals surface area contributed by atoms with Gasteiger partial charge in [-0.2, -0.15) is 0 Å². The Kier molecular flexibility index (Phi) is 5.95. The van der Waals surface area contributed by atoms with Gasteiger partial charge in [0, 0.05) is 24.9 Å². The third kappa shape index (κ3) is 4.45. The number of pyridine rings is 1. The second-order valence-electron chi connectivity index (χ2n) is 6.47. The monoisotopic (exact) mass is 360 g/mol. The number of benzene rings is 1. The molecule has 2 rings (SSSR count). The third-order valence-electron chi connectivity index (χ3n) is 4.22. The second-order valence-corrected chi connectivity index (χ2v) is 8.60. The lowest BCUT2D eigenvalue weighted by molar-refractivity contribution is -0.123. The van der Waals surface area contributed by atoms with E-state index in [4.69, 9.17) is 0 Å². The van der Waals surface area contributed by atoms with Gasteiger partial charge in [0.15, 0.2) is 9.84 Å². The van der Waals surface area contributed by atoms with E-state index in [0.717, 1.165) is 11.1 Å². The highest BCUT2D eigenvalue weighted by atomic mass is 32.2. The number of amides is 1. The van der Waals surface area contributed by atoms with E-state index in [1.807, 2.05) is 13.8 Å². The molecule has 1 N–H and O–H groups in total. The summed E-state index contributed by atoms with van der Waals surface area (Å²) in [5, 5.41) is 1.85. The van der Waals surface area contributed by atoms with Crippen LogP contribution in [-0.4, -0.2) is 25.9 Å². The smallest absolute Gasteiger partial charge is 0.222 e. The first-order valence-electron chi connectivity index (χ1n) is 8.22. The molecule has 0 spiro atoms. The zero-order valence-electron chi connectivity index (χ0n) is 15.0. The molecule has 1 amide bonds. The van der Waals surface area contributed by atoms with Crippen molar-refractivity contribution >= 4 is 15.7 Å². The second kappa shape index (κ2) is 7.78. The van der Waals surface area contributed by atoms with E-state index < -0.39 is 15.1 Å². The summed E-state index contributed by atoms with van der Waals surface area (Å²) < 4.78 is 26.4. The van der Waals surface area contributed by atoms with Gasteiger partial charge in [-0.25, -0.2) is 8.42 Å². The molecule has 25 heavy (non-hydrogen) atoms. The summed E-state index contributed by atoms with van der Waals surface area (Å²) >= 11 is 0. The molecule has 1 aromatic heterocycles. The summed E-state index contributed by atoms with van der Waals surface area (Å²) in [6.07, 6.45) is 3.13. The normalized spacial score (nSPS) is 12.8. The van der Waals surface area contributed by atoms with Crippen LogP contribution in [0.15, 0.2) is 47.6 Å². The summed E-state index contributed by atoms with van der Waals surface area (Å²) in [6.45, 7) is 7.37. The van der Waals surface area contributed by atoms with Crippen LogP contribution in [0, 0.1) is 19.8 Å². The van der Waals surface area contributed by atoms with Crippen molar-refractivity contribution < 1.29 is 13.2 Å². The Bertz CT molecular complexity index is 846. The molecule has 0 saturated carbocycles. The molecule has 0 fully saturated rings. The predicted octanol–water partition coefficient (Wildman–Crippen LogP) is 2.99. The number of carbonyl (C=O) groups is 1. The molecular weight excluding hydrogens is 336 g/mol. The van der Waals surface area contributed by atoms with Gasteiger partial charge in [-0.15, -0.1) is 0 Å². The van der Waals surface area contributed by atoms with E-state index in [2.05, 4.69) is 10.3 Å². The van der Waals surface area contributed by atoms with Crippen molar-refractivity contribution in [1.82, 2.24) is 10.3 Å². The van der Waals surface area contributed by atoms with Crippen molar-refractivity contribution in [2.24, 2.45) is 5.92 Å². The van der Waals surface area contributed by atoms with Gasteiger partial charge in [0.1, 0.15) is 5.25 Å². The Morgan fingerprint density at radius 1 is 1.16 bits per heavy atom. The van der Waals surface area contributed by atoms with Gasteiger partial charge < -0.3 is 5.32 Å². The van der Waals surface area contributed by atoms with Crippen molar-refractivity contribution in [3.05, 3.63) is 59.4 Å². The number of aromatic nitrogens is 1. The number of sulfone groups is 1. The number of aryl methyl sites for hydroxylation is 2. The van der Waals surface area contributed by atoms with E-state index in [9.17, 15) is 13.2 Å². The Labute approximate surface area is 149 Å². The largest absolute Gasteiger partial charge is 0.354 e. The van der Waals surface area contributed by atoms with Crippen LogP contribution >= 0.6 is 0 Å². The predicted molar refractivity (Wildman–Crippen MR) is 97.9 cm³/mol. The number of hydrogen-bond acceptors (Lipinski definition) is 4. The van der Waals surface area contributed by atoms with Crippen LogP contribution in [0.1, 0.15) is 35.8 Å². The molecule has 0 radical (unpaired) electrons. The number of nitrogens with one attached hydrogen (secondary N) is 1. The van der Waals surface area contributed by atoms with Gasteiger partial charge in [-0.05, 0) is 48.7 Å². The van der Waals surface area contributed by atoms with Crippen molar-refractivity contribution in [3.8, 4) is 0 Å². The fourth-order valence-electron chi connectivity index (χ4n) is 2.43. The van der Waals surface area contributed by atoms with E-state index in [0.29, 0.717) is 5.56 Å². The summed E-state index contributed by atoms with van der Waals surface area (Å²) in [5.41, 5.74) is 2.51. The minimum Gasteiger partial charge on any atom is -0.354 e. The average Bonchev–Trinajstić information content (AvgIpc) is 2.57. The highest BCUT2D eigenvalue weighted by molar-refractivity contribution is 7.91. The van der Waals surface area contributed by atoms with Crippen molar-refractivity contribution in [1.29, 1.82) is 0 Å². The first kappa shape index (κ1) is 19.1. The molecule has 2 aromatic rings. The summed E-state index contributed by atoms with van der Waals surface area (Å²) in [7, 11) is -3.67. The topological polar surface area (TPSA) is 76.1 Å². The van der Waals surface area contributed by atoms with Crippen LogP contribution in [0.3, 0.4) is 0 Å². The summed E-state index contributed by atoms with van der Waals surface area (Å²) in [5.74, 6) is -0.386. The van der Waals surface area contributed by atoms with E-state index in [1.54, 1.807) is 50.4 Å². The van der Waals surface area contributed by atoms with Gasteiger partial charge in [0.2, 0.25) is 5.91 Å². The molecular formula is C19H24N2O3S. The van der Waals surface area contributed by atoms with Gasteiger partial charge in [-0.1, -0.05) is 26.0 Å². The fraction of sp³-hybridized carbons (Fsp3) is 0.368. The van der Waals surface area contributed by atoms with Gasteiger partial charge in [0.05, 0.1) is 4.90 Å². The number of rotatable bonds is 6. The van der Waals surface area contributed by atoms with Crippen LogP contribution in [0.2, 0.25) is 0 Å². The molecule has 0 bridgehead atoms. The summed E-state index contributed by atoms with van der Waals surface area (Å²) in [6, 6.07) is 8.51. The fourth-order valence-corrected chi connectivity index (χ4v) is 4.15. The zero-order chi connectivity index (χ0) is 18.6. The van der Waals surface area contributed by atoms with Crippen molar-refractivity contribution in [2.45, 2.75) is 37.8 Å². The van der Waals surface area contributed by atoms with E-state index >= 15 is 0 Å². The maximum absolute atomic E-state index is 13.2. The molecule has 0 aliphatic heterocycles. The maximum Gasteiger partial charge on any atom is 0.222 e. The Hall–Kier alpha value is -2.21. The average molecular weight is 360 g/mol. The molecule has 1 heterocycles. The highest BCUT2D eigenvalue weighted by Gasteiger charge is 2.30. The Morgan fingerprint density at radius 3 is 2.44 bits per heavy atom. The molecule has 0 unspecified atom stereocenters. The van der Waals surface area contributed by atoms with Crippen molar-refractivity contribution in [3.63, 3.8) is 0 Å². The molecule has 0 aliphatic rings. The number of nitrogens with zero attached hydrogens (tertiary/aromatic N) is 1. The first-order chi connectivity index (χ1) is 11.7. The van der Waals surface area contributed by atoms with Crippen LogP contribution in [-0.2, 0) is 14.6 Å². The van der Waals surface area contributed by atoms with Gasteiger partial charge >= 0.3 is 0 Å². The Morgan fingerprint density at radius 2 is 1.88 bits per heavy atom. The quantitative estimate of drug-likeness (QED) is 0.859. The third-order valence-corrected chi connectivity index (χ3v) is 6.32. The number of carbonyl (C=O) groups excluding carboxylic acids is 1. The molecule has 0 saturated heterocycles. The lowest BCUT2D eigenvalue weighted by Gasteiger charge is -2.20.